The largest absolute Gasteiger partial charge is 0.460 e. The highest BCUT2D eigenvalue weighted by Crippen LogP contribution is 2.46. The van der Waals surface area contributed by atoms with E-state index in [4.69, 9.17) is 9.47 Å². The van der Waals surface area contributed by atoms with Crippen molar-refractivity contribution in [3.8, 4) is 6.07 Å². The van der Waals surface area contributed by atoms with E-state index in [9.17, 15) is 20.3 Å². The van der Waals surface area contributed by atoms with Gasteiger partial charge >= 0.3 is 5.97 Å². The molecule has 5 atom stereocenters. The zero-order valence-corrected chi connectivity index (χ0v) is 24.5. The third-order valence-corrected chi connectivity index (χ3v) is 9.53. The van der Waals surface area contributed by atoms with Gasteiger partial charge in [0.15, 0.2) is 0 Å². The fourth-order valence-electron chi connectivity index (χ4n) is 6.11. The van der Waals surface area contributed by atoms with Gasteiger partial charge in [-0.05, 0) is 61.3 Å². The smallest absolute Gasteiger partial charge is 0.348 e. The Hall–Kier alpha value is -2.28. The van der Waals surface area contributed by atoms with E-state index in [-0.39, 0.29) is 23.7 Å². The van der Waals surface area contributed by atoms with Crippen LogP contribution < -0.4 is 0 Å². The van der Waals surface area contributed by atoms with Crippen molar-refractivity contribution in [1.29, 1.82) is 5.26 Å². The minimum atomic E-state index is -0.546. The summed E-state index contributed by atoms with van der Waals surface area (Å²) >= 11 is 1.48. The van der Waals surface area contributed by atoms with E-state index in [0.29, 0.717) is 17.9 Å². The Balaban J connectivity index is 1.28. The molecule has 8 heteroatoms. The van der Waals surface area contributed by atoms with Gasteiger partial charge in [0.2, 0.25) is 0 Å². The molecule has 218 valence electrons. The zero-order chi connectivity index (χ0) is 28.3. The van der Waals surface area contributed by atoms with E-state index >= 15 is 0 Å². The van der Waals surface area contributed by atoms with E-state index in [1.165, 1.54) is 11.3 Å². The van der Waals surface area contributed by atoms with E-state index < -0.39 is 12.2 Å². The first-order valence-corrected chi connectivity index (χ1v) is 15.7. The average Bonchev–Trinajstić information content (AvgIpc) is 3.58. The summed E-state index contributed by atoms with van der Waals surface area (Å²) in [6.07, 6.45) is 6.04. The first-order chi connectivity index (χ1) is 19.5. The van der Waals surface area contributed by atoms with Gasteiger partial charge in [-0.15, -0.1) is 11.3 Å². The van der Waals surface area contributed by atoms with E-state index in [1.54, 1.807) is 0 Å². The molecule has 1 saturated carbocycles. The fourth-order valence-corrected chi connectivity index (χ4v) is 7.05. The maximum atomic E-state index is 12.5. The highest BCUT2D eigenvalue weighted by molar-refractivity contribution is 7.13. The van der Waals surface area contributed by atoms with Crippen LogP contribution in [0.4, 0.5) is 0 Å². The number of nitrogens with zero attached hydrogens (tertiary/aromatic N) is 2. The summed E-state index contributed by atoms with van der Waals surface area (Å²) in [6, 6.07) is 14.3. The average molecular weight is 569 g/mol. The second kappa shape index (κ2) is 15.6. The number of rotatable bonds is 14. The van der Waals surface area contributed by atoms with Gasteiger partial charge in [-0.25, -0.2) is 4.79 Å². The van der Waals surface area contributed by atoms with Gasteiger partial charge in [0.05, 0.1) is 37.4 Å². The number of aryl methyl sites for hydroxylation is 1. The van der Waals surface area contributed by atoms with Crippen LogP contribution in [0, 0.1) is 23.2 Å². The zero-order valence-electron chi connectivity index (χ0n) is 23.7. The van der Waals surface area contributed by atoms with Gasteiger partial charge < -0.3 is 19.7 Å². The van der Waals surface area contributed by atoms with Crippen molar-refractivity contribution in [2.75, 3.05) is 39.5 Å². The molecular formula is C32H44N2O5S. The molecule has 0 amide bonds. The second-order valence-electron chi connectivity index (χ2n) is 11.2. The molecule has 1 aromatic carbocycles. The lowest BCUT2D eigenvalue weighted by Gasteiger charge is -2.26. The molecular weight excluding hydrogens is 524 g/mol. The molecule has 1 aliphatic heterocycles. The quantitative estimate of drug-likeness (QED) is 0.230. The van der Waals surface area contributed by atoms with Crippen molar-refractivity contribution in [3.63, 3.8) is 0 Å². The molecule has 0 spiro atoms. The molecule has 0 bridgehead atoms. The highest BCUT2D eigenvalue weighted by atomic mass is 32.1. The van der Waals surface area contributed by atoms with Crippen molar-refractivity contribution in [3.05, 3.63) is 57.3 Å². The highest BCUT2D eigenvalue weighted by Gasteiger charge is 2.43. The number of carbonyl (C=O) groups is 1. The lowest BCUT2D eigenvalue weighted by atomic mass is 9.81. The summed E-state index contributed by atoms with van der Waals surface area (Å²) in [7, 11) is 0. The molecule has 1 saturated heterocycles. The van der Waals surface area contributed by atoms with Crippen LogP contribution in [0.5, 0.6) is 0 Å². The number of morpholine rings is 1. The first-order valence-electron chi connectivity index (χ1n) is 14.9. The van der Waals surface area contributed by atoms with Crippen LogP contribution in [-0.2, 0) is 15.9 Å². The van der Waals surface area contributed by atoms with Gasteiger partial charge in [0.1, 0.15) is 11.5 Å². The Morgan fingerprint density at radius 3 is 2.67 bits per heavy atom. The number of unbranched alkanes of at least 4 members (excludes halogenated alkanes) is 2. The van der Waals surface area contributed by atoms with Gasteiger partial charge in [-0.2, -0.15) is 5.26 Å². The fraction of sp³-hybridized carbons (Fsp3) is 0.625. The lowest BCUT2D eigenvalue weighted by Crippen LogP contribution is -2.38. The number of aliphatic hydroxyl groups excluding tert-OH is 2. The Bertz CT molecular complexity index is 1090. The molecule has 1 unspecified atom stereocenters. The van der Waals surface area contributed by atoms with Crippen LogP contribution in [0.15, 0.2) is 36.4 Å². The van der Waals surface area contributed by atoms with Crippen molar-refractivity contribution >= 4 is 17.3 Å². The van der Waals surface area contributed by atoms with E-state index in [0.717, 1.165) is 93.8 Å². The first kappa shape index (κ1) is 30.7. The molecule has 40 heavy (non-hydrogen) atoms. The molecule has 1 aromatic heterocycles. The van der Waals surface area contributed by atoms with Crippen LogP contribution in [0.1, 0.15) is 89.6 Å². The molecule has 2 fully saturated rings. The normalized spacial score (nSPS) is 24.1. The summed E-state index contributed by atoms with van der Waals surface area (Å²) in [5.74, 6) is -0.465. The summed E-state index contributed by atoms with van der Waals surface area (Å²) in [4.78, 5) is 16.5. The number of hydrogen-bond donors (Lipinski definition) is 2. The predicted octanol–water partition coefficient (Wildman–Crippen LogP) is 5.48. The van der Waals surface area contributed by atoms with Gasteiger partial charge in [-0.3, -0.25) is 4.90 Å². The van der Waals surface area contributed by atoms with Crippen LogP contribution in [0.2, 0.25) is 0 Å². The van der Waals surface area contributed by atoms with Crippen LogP contribution in [0.25, 0.3) is 0 Å². The number of aliphatic hydroxyl groups is 2. The third-order valence-electron chi connectivity index (χ3n) is 8.41. The second-order valence-corrected chi connectivity index (χ2v) is 12.3. The number of carbonyl (C=O) groups excluding carboxylic acids is 1. The molecule has 2 N–H and O–H groups in total. The number of thiophene rings is 1. The molecule has 2 aliphatic rings. The lowest BCUT2D eigenvalue weighted by molar-refractivity contribution is 0.0197. The SMILES string of the molecule is CCCCCC(O)c1ccc([C@@H]2[C@@H](CCCc3ccc(C(=O)OCCN4CCOCC4)s3)[C@H](C#N)C[C@H]2O)cc1. The summed E-state index contributed by atoms with van der Waals surface area (Å²) in [5.41, 5.74) is 1.95. The Morgan fingerprint density at radius 1 is 1.18 bits per heavy atom. The molecule has 2 aromatic rings. The standard InChI is InChI=1S/C32H44N2O5S/c1-2-3-4-8-28(35)23-9-11-24(12-10-23)31-27(25(22-33)21-29(31)36)7-5-6-26-13-14-30(40-26)32(37)39-20-17-34-15-18-38-19-16-34/h9-14,25,27-29,31,35-36H,2-8,15-21H2,1H3/t25-,27-,28?,29+,31+/m0/s1. The molecule has 1 aliphatic carbocycles. The molecule has 0 radical (unpaired) electrons. The van der Waals surface area contributed by atoms with Crippen LogP contribution in [0.3, 0.4) is 0 Å². The minimum Gasteiger partial charge on any atom is -0.460 e. The summed E-state index contributed by atoms with van der Waals surface area (Å²) in [6.45, 7) is 6.47. The molecule has 4 rings (SSSR count). The molecule has 7 nitrogen and oxygen atoms in total. The van der Waals surface area contributed by atoms with Gasteiger partial charge in [-0.1, -0.05) is 50.5 Å². The van der Waals surface area contributed by atoms with Crippen LogP contribution >= 0.6 is 11.3 Å². The predicted molar refractivity (Wildman–Crippen MR) is 156 cm³/mol. The monoisotopic (exact) mass is 568 g/mol. The third kappa shape index (κ3) is 8.37. The minimum absolute atomic E-state index is 0.0740. The maximum absolute atomic E-state index is 12.5. The number of hydrogen-bond acceptors (Lipinski definition) is 8. The van der Waals surface area contributed by atoms with Crippen molar-refractivity contribution < 1.29 is 24.5 Å². The Labute approximate surface area is 242 Å². The van der Waals surface area contributed by atoms with E-state index in [1.807, 2.05) is 36.4 Å². The van der Waals surface area contributed by atoms with E-state index in [2.05, 4.69) is 17.9 Å². The number of esters is 1. The van der Waals surface area contributed by atoms with Gasteiger partial charge in [0.25, 0.3) is 0 Å². The summed E-state index contributed by atoms with van der Waals surface area (Å²) in [5, 5.41) is 31.3. The Kier molecular flexibility index (Phi) is 12.0. The number of benzene rings is 1. The van der Waals surface area contributed by atoms with Gasteiger partial charge in [0, 0.05) is 30.4 Å². The topological polar surface area (TPSA) is 103 Å². The number of nitriles is 1. The summed E-state index contributed by atoms with van der Waals surface area (Å²) < 4.78 is 10.8. The van der Waals surface area contributed by atoms with Crippen molar-refractivity contribution in [1.82, 2.24) is 4.90 Å². The molecule has 2 heterocycles. The van der Waals surface area contributed by atoms with Crippen LogP contribution in [-0.4, -0.2) is 66.6 Å². The van der Waals surface area contributed by atoms with Crippen molar-refractivity contribution in [2.24, 2.45) is 11.8 Å². The number of ether oxygens (including phenoxy) is 2. The Morgan fingerprint density at radius 2 is 1.95 bits per heavy atom. The maximum Gasteiger partial charge on any atom is 0.348 e. The van der Waals surface area contributed by atoms with Crippen molar-refractivity contribution in [2.45, 2.75) is 76.4 Å².